The third kappa shape index (κ3) is 4.04. The fourth-order valence-electron chi connectivity index (χ4n) is 2.31. The molecular weight excluding hydrogens is 322 g/mol. The summed E-state index contributed by atoms with van der Waals surface area (Å²) in [5, 5.41) is 2.64. The summed E-state index contributed by atoms with van der Waals surface area (Å²) in [5.41, 5.74) is 5.81. The second-order valence-corrected chi connectivity index (χ2v) is 5.64. The smallest absolute Gasteiger partial charge is 0.411 e. The minimum atomic E-state index is -0.519. The zero-order valence-electron chi connectivity index (χ0n) is 14.2. The van der Waals surface area contributed by atoms with Crippen LogP contribution in [0.25, 0.3) is 17.0 Å². The van der Waals surface area contributed by atoms with Crippen molar-refractivity contribution in [2.75, 3.05) is 17.9 Å². The molecule has 0 saturated carbocycles. The van der Waals surface area contributed by atoms with E-state index in [1.165, 1.54) is 6.20 Å². The van der Waals surface area contributed by atoms with Crippen molar-refractivity contribution in [3.8, 4) is 11.3 Å². The molecule has 0 spiro atoms. The predicted molar refractivity (Wildman–Crippen MR) is 94.3 cm³/mol. The molecule has 8 heteroatoms. The number of aromatic nitrogens is 3. The lowest BCUT2D eigenvalue weighted by molar-refractivity contribution is 0.130. The van der Waals surface area contributed by atoms with Gasteiger partial charge in [0.05, 0.1) is 36.5 Å². The Morgan fingerprint density at radius 3 is 2.84 bits per heavy atom. The van der Waals surface area contributed by atoms with Crippen LogP contribution < -0.4 is 10.8 Å². The normalized spacial score (nSPS) is 10.9. The summed E-state index contributed by atoms with van der Waals surface area (Å²) in [4.78, 5) is 25.3. The highest BCUT2D eigenvalue weighted by atomic mass is 16.6. The molecule has 130 valence electrons. The molecule has 3 rings (SSSR count). The maximum absolute atomic E-state index is 11.7. The number of ether oxygens (including phenoxy) is 1. The Hall–Kier alpha value is -3.13. The van der Waals surface area contributed by atoms with Crippen molar-refractivity contribution >= 4 is 23.2 Å². The number of carbonyl (C=O) groups is 1. The zero-order chi connectivity index (χ0) is 17.8. The van der Waals surface area contributed by atoms with Crippen LogP contribution in [0.5, 0.6) is 0 Å². The van der Waals surface area contributed by atoms with Crippen molar-refractivity contribution in [1.29, 1.82) is 0 Å². The molecule has 2 heterocycles. The highest BCUT2D eigenvalue weighted by Crippen LogP contribution is 2.22. The Kier molecular flexibility index (Phi) is 4.80. The summed E-state index contributed by atoms with van der Waals surface area (Å²) < 4.78 is 6.80. The molecule has 2 N–H and O–H groups in total. The first-order valence-corrected chi connectivity index (χ1v) is 7.77. The summed E-state index contributed by atoms with van der Waals surface area (Å²) in [6.45, 7) is 3.57. The van der Waals surface area contributed by atoms with Crippen LogP contribution in [0.4, 0.5) is 16.2 Å². The summed E-state index contributed by atoms with van der Waals surface area (Å²) >= 11 is 0. The average Bonchev–Trinajstić information content (AvgIpc) is 2.98. The van der Waals surface area contributed by atoms with Gasteiger partial charge in [-0.05, 0) is 26.0 Å². The third-order valence-electron chi connectivity index (χ3n) is 3.28. The van der Waals surface area contributed by atoms with Crippen LogP contribution in [0, 0.1) is 0 Å². The minimum absolute atomic E-state index is 0.190. The quantitative estimate of drug-likeness (QED) is 0.692. The molecule has 0 unspecified atom stereocenters. The molecule has 0 fully saturated rings. The number of benzene rings is 1. The lowest BCUT2D eigenvalue weighted by Crippen LogP contribution is -2.18. The molecule has 0 aliphatic rings. The zero-order valence-corrected chi connectivity index (χ0v) is 14.2. The van der Waals surface area contributed by atoms with Gasteiger partial charge in [-0.1, -0.05) is 12.1 Å². The van der Waals surface area contributed by atoms with Gasteiger partial charge in [-0.2, -0.15) is 0 Å². The van der Waals surface area contributed by atoms with Gasteiger partial charge in [0.15, 0.2) is 0 Å². The van der Waals surface area contributed by atoms with Gasteiger partial charge in [-0.3, -0.25) is 20.0 Å². The third-order valence-corrected chi connectivity index (χ3v) is 3.28. The van der Waals surface area contributed by atoms with Crippen LogP contribution >= 0.6 is 0 Å². The molecule has 0 radical (unpaired) electrons. The lowest BCUT2D eigenvalue weighted by atomic mass is 10.1. The molecule has 8 nitrogen and oxygen atoms in total. The van der Waals surface area contributed by atoms with Crippen LogP contribution in [0.1, 0.15) is 13.8 Å². The number of nitrogens with one attached hydrogen (secondary N) is 2. The van der Waals surface area contributed by atoms with Gasteiger partial charge in [0.1, 0.15) is 0 Å². The van der Waals surface area contributed by atoms with Crippen LogP contribution in [0.2, 0.25) is 0 Å². The molecule has 0 bridgehead atoms. The van der Waals surface area contributed by atoms with E-state index in [0.717, 1.165) is 16.9 Å². The largest absolute Gasteiger partial charge is 0.447 e. The van der Waals surface area contributed by atoms with E-state index < -0.39 is 6.09 Å². The summed E-state index contributed by atoms with van der Waals surface area (Å²) in [6, 6.07) is 7.67. The second kappa shape index (κ2) is 7.18. The van der Waals surface area contributed by atoms with Crippen molar-refractivity contribution < 1.29 is 14.4 Å². The van der Waals surface area contributed by atoms with Crippen LogP contribution in [-0.2, 0) is 9.57 Å². The van der Waals surface area contributed by atoms with Gasteiger partial charge in [-0.15, -0.1) is 0 Å². The number of fused-ring (bicyclic) bond motifs is 1. The molecule has 1 aromatic carbocycles. The molecule has 0 aliphatic carbocycles. The van der Waals surface area contributed by atoms with E-state index in [1.54, 1.807) is 31.6 Å². The van der Waals surface area contributed by atoms with Gasteiger partial charge in [0.25, 0.3) is 0 Å². The Morgan fingerprint density at radius 1 is 1.24 bits per heavy atom. The molecule has 25 heavy (non-hydrogen) atoms. The molecule has 3 aromatic rings. The Balaban J connectivity index is 1.85. The van der Waals surface area contributed by atoms with E-state index in [1.807, 2.05) is 30.5 Å². The highest BCUT2D eigenvalue weighted by Gasteiger charge is 2.09. The number of carbonyl (C=O) groups excluding carboxylic acids is 1. The van der Waals surface area contributed by atoms with Crippen LogP contribution in [0.15, 0.2) is 42.9 Å². The second-order valence-electron chi connectivity index (χ2n) is 5.64. The molecule has 2 aromatic heterocycles. The fraction of sp³-hybridized carbons (Fsp3) is 0.235. The van der Waals surface area contributed by atoms with Gasteiger partial charge < -0.3 is 4.74 Å². The number of rotatable bonds is 5. The summed E-state index contributed by atoms with van der Waals surface area (Å²) in [7, 11) is 1.56. The molecule has 0 aliphatic heterocycles. The monoisotopic (exact) mass is 341 g/mol. The first-order valence-electron chi connectivity index (χ1n) is 7.77. The van der Waals surface area contributed by atoms with E-state index in [9.17, 15) is 4.79 Å². The van der Waals surface area contributed by atoms with Crippen LogP contribution in [-0.4, -0.2) is 33.7 Å². The number of hydrogen-bond acceptors (Lipinski definition) is 6. The van der Waals surface area contributed by atoms with Gasteiger partial charge in [0.2, 0.25) is 5.78 Å². The predicted octanol–water partition coefficient (Wildman–Crippen LogP) is 3.33. The van der Waals surface area contributed by atoms with Crippen molar-refractivity contribution in [3.63, 3.8) is 0 Å². The molecular formula is C17H19N5O3. The van der Waals surface area contributed by atoms with Crippen LogP contribution in [0.3, 0.4) is 0 Å². The van der Waals surface area contributed by atoms with E-state index in [2.05, 4.69) is 20.8 Å². The van der Waals surface area contributed by atoms with Crippen molar-refractivity contribution in [2.45, 2.75) is 20.0 Å². The Morgan fingerprint density at radius 2 is 2.08 bits per heavy atom. The number of anilines is 2. The Bertz CT molecular complexity index is 891. The number of amides is 1. The van der Waals surface area contributed by atoms with Crippen molar-refractivity contribution in [3.05, 3.63) is 42.9 Å². The number of nitrogens with zero attached hydrogens (tertiary/aromatic N) is 3. The topological polar surface area (TPSA) is 89.8 Å². The minimum Gasteiger partial charge on any atom is -0.447 e. The van der Waals surface area contributed by atoms with E-state index in [0.29, 0.717) is 11.5 Å². The molecule has 1 amide bonds. The van der Waals surface area contributed by atoms with Crippen molar-refractivity contribution in [2.24, 2.45) is 0 Å². The number of hydrogen-bond donors (Lipinski definition) is 2. The first kappa shape index (κ1) is 16.7. The maximum atomic E-state index is 11.7. The van der Waals surface area contributed by atoms with Crippen molar-refractivity contribution in [1.82, 2.24) is 14.4 Å². The lowest BCUT2D eigenvalue weighted by Gasteiger charge is -2.09. The fourth-order valence-corrected chi connectivity index (χ4v) is 2.31. The van der Waals surface area contributed by atoms with E-state index >= 15 is 0 Å². The summed E-state index contributed by atoms with van der Waals surface area (Å²) in [6.07, 6.45) is 4.40. The van der Waals surface area contributed by atoms with E-state index in [4.69, 9.17) is 9.57 Å². The molecule has 0 atom stereocenters. The summed E-state index contributed by atoms with van der Waals surface area (Å²) in [5.74, 6) is 0.530. The van der Waals surface area contributed by atoms with Gasteiger partial charge in [0, 0.05) is 18.0 Å². The first-order chi connectivity index (χ1) is 12.0. The number of imidazole rings is 1. The SMILES string of the molecule is CONc1cccc(-c2cn3cc(NC(=O)OC(C)C)cnc3n2)c1. The highest BCUT2D eigenvalue weighted by molar-refractivity contribution is 5.84. The maximum Gasteiger partial charge on any atom is 0.411 e. The molecule has 0 saturated heterocycles. The van der Waals surface area contributed by atoms with Gasteiger partial charge >= 0.3 is 6.09 Å². The Labute approximate surface area is 144 Å². The standard InChI is InChI=1S/C17H19N5O3/c1-11(2)25-17(23)19-14-8-18-16-20-15(10-22(16)9-14)12-5-4-6-13(7-12)21-24-3/h4-11,21H,1-3H3,(H,19,23). The van der Waals surface area contributed by atoms with E-state index in [-0.39, 0.29) is 6.10 Å². The van der Waals surface area contributed by atoms with Gasteiger partial charge in [-0.25, -0.2) is 14.8 Å². The average molecular weight is 341 g/mol.